The summed E-state index contributed by atoms with van der Waals surface area (Å²) in [6.45, 7) is 0. The molecule has 0 radical (unpaired) electrons. The highest BCUT2D eigenvalue weighted by atomic mass is 16.1. The van der Waals surface area contributed by atoms with Crippen molar-refractivity contribution < 1.29 is 9.59 Å². The summed E-state index contributed by atoms with van der Waals surface area (Å²) in [5, 5.41) is 0. The van der Waals surface area contributed by atoms with E-state index >= 15 is 0 Å². The lowest BCUT2D eigenvalue weighted by Gasteiger charge is -2.00. The quantitative estimate of drug-likeness (QED) is 0.590. The normalized spacial score (nSPS) is 9.88. The first-order valence-corrected chi connectivity index (χ1v) is 5.14. The Hall–Kier alpha value is -2.36. The summed E-state index contributed by atoms with van der Waals surface area (Å²) in [7, 11) is 0. The number of carbonyl (C=O) groups is 2. The summed E-state index contributed by atoms with van der Waals surface area (Å²) >= 11 is 0. The van der Waals surface area contributed by atoms with Gasteiger partial charge in [-0.3, -0.25) is 19.6 Å². The van der Waals surface area contributed by atoms with E-state index in [1.165, 1.54) is 24.8 Å². The summed E-state index contributed by atoms with van der Waals surface area (Å²) in [6, 6.07) is 6.40. The number of aromatic nitrogens is 2. The SMILES string of the molecule is O=C(CC(=O)c1ccncc1)c1ccncc1. The largest absolute Gasteiger partial charge is 0.294 e. The van der Waals surface area contributed by atoms with Gasteiger partial charge in [0.2, 0.25) is 0 Å². The van der Waals surface area contributed by atoms with Gasteiger partial charge in [0.05, 0.1) is 6.42 Å². The predicted octanol–water partition coefficient (Wildman–Crippen LogP) is 1.93. The second kappa shape index (κ2) is 5.12. The molecule has 0 saturated heterocycles. The zero-order valence-corrected chi connectivity index (χ0v) is 9.04. The van der Waals surface area contributed by atoms with Crippen molar-refractivity contribution in [2.45, 2.75) is 6.42 Å². The van der Waals surface area contributed by atoms with Crippen LogP contribution in [0.5, 0.6) is 0 Å². The lowest BCUT2D eigenvalue weighted by Crippen LogP contribution is -2.08. The molecule has 17 heavy (non-hydrogen) atoms. The zero-order chi connectivity index (χ0) is 12.1. The molecule has 0 aliphatic heterocycles. The Bertz CT molecular complexity index is 474. The number of hydrogen-bond acceptors (Lipinski definition) is 4. The number of rotatable bonds is 4. The van der Waals surface area contributed by atoms with Crippen LogP contribution in [0.4, 0.5) is 0 Å². The molecule has 0 aromatic carbocycles. The summed E-state index contributed by atoms with van der Waals surface area (Å²) in [4.78, 5) is 31.2. The third-order valence-corrected chi connectivity index (χ3v) is 2.33. The molecule has 0 aliphatic rings. The Morgan fingerprint density at radius 1 is 0.765 bits per heavy atom. The number of carbonyl (C=O) groups excluding carboxylic acids is 2. The van der Waals surface area contributed by atoms with E-state index in [1.807, 2.05) is 0 Å². The van der Waals surface area contributed by atoms with Crippen molar-refractivity contribution in [3.8, 4) is 0 Å². The molecule has 84 valence electrons. The monoisotopic (exact) mass is 226 g/mol. The number of Topliss-reactive ketones (excluding diaryl/α,β-unsaturated/α-hetero) is 2. The van der Waals surface area contributed by atoms with Crippen LogP contribution in [0.1, 0.15) is 27.1 Å². The van der Waals surface area contributed by atoms with Gasteiger partial charge in [0.25, 0.3) is 0 Å². The molecule has 4 nitrogen and oxygen atoms in total. The molecule has 0 amide bonds. The molecule has 4 heteroatoms. The average molecular weight is 226 g/mol. The molecule has 2 rings (SSSR count). The fourth-order valence-corrected chi connectivity index (χ4v) is 1.43. The van der Waals surface area contributed by atoms with Gasteiger partial charge in [-0.15, -0.1) is 0 Å². The second-order valence-corrected chi connectivity index (χ2v) is 3.49. The van der Waals surface area contributed by atoms with Crippen molar-refractivity contribution in [2.24, 2.45) is 0 Å². The van der Waals surface area contributed by atoms with Crippen LogP contribution in [-0.4, -0.2) is 21.5 Å². The highest BCUT2D eigenvalue weighted by Gasteiger charge is 2.12. The van der Waals surface area contributed by atoms with E-state index in [0.29, 0.717) is 11.1 Å². The smallest absolute Gasteiger partial charge is 0.170 e. The van der Waals surface area contributed by atoms with E-state index in [1.54, 1.807) is 24.3 Å². The Morgan fingerprint density at radius 3 is 1.47 bits per heavy atom. The first-order valence-electron chi connectivity index (χ1n) is 5.14. The Balaban J connectivity index is 2.08. The molecule has 2 heterocycles. The molecule has 0 N–H and O–H groups in total. The van der Waals surface area contributed by atoms with E-state index in [4.69, 9.17) is 0 Å². The maximum atomic E-state index is 11.8. The molecule has 0 saturated carbocycles. The number of pyridine rings is 2. The first kappa shape index (κ1) is 11.1. The van der Waals surface area contributed by atoms with Gasteiger partial charge in [-0.1, -0.05) is 0 Å². The first-order chi connectivity index (χ1) is 8.27. The van der Waals surface area contributed by atoms with Gasteiger partial charge in [0.1, 0.15) is 0 Å². The average Bonchev–Trinajstić information content (AvgIpc) is 2.40. The third kappa shape index (κ3) is 2.81. The fourth-order valence-electron chi connectivity index (χ4n) is 1.43. The van der Waals surface area contributed by atoms with E-state index < -0.39 is 0 Å². The minimum Gasteiger partial charge on any atom is -0.294 e. The lowest BCUT2D eigenvalue weighted by molar-refractivity contribution is 0.0894. The van der Waals surface area contributed by atoms with E-state index in [9.17, 15) is 9.59 Å². The van der Waals surface area contributed by atoms with Crippen LogP contribution in [0.2, 0.25) is 0 Å². The van der Waals surface area contributed by atoms with Crippen LogP contribution in [0.25, 0.3) is 0 Å². The molecule has 0 aliphatic carbocycles. The minimum atomic E-state index is -0.200. The molecule has 0 bridgehead atoms. The maximum Gasteiger partial charge on any atom is 0.170 e. The zero-order valence-electron chi connectivity index (χ0n) is 9.04. The van der Waals surface area contributed by atoms with Crippen molar-refractivity contribution in [1.82, 2.24) is 9.97 Å². The van der Waals surface area contributed by atoms with Gasteiger partial charge in [-0.05, 0) is 24.3 Å². The molecule has 0 atom stereocenters. The molecular weight excluding hydrogens is 216 g/mol. The highest BCUT2D eigenvalue weighted by molar-refractivity contribution is 6.13. The van der Waals surface area contributed by atoms with Gasteiger partial charge in [0.15, 0.2) is 11.6 Å². The van der Waals surface area contributed by atoms with E-state index in [-0.39, 0.29) is 18.0 Å². The Labute approximate surface area is 98.3 Å². The van der Waals surface area contributed by atoms with Crippen LogP contribution in [0, 0.1) is 0 Å². The predicted molar refractivity (Wildman–Crippen MR) is 61.8 cm³/mol. The van der Waals surface area contributed by atoms with Crippen LogP contribution < -0.4 is 0 Å². The summed E-state index contributed by atoms with van der Waals surface area (Å²) in [6.07, 6.45) is 6.00. The van der Waals surface area contributed by atoms with Crippen molar-refractivity contribution in [2.75, 3.05) is 0 Å². The topological polar surface area (TPSA) is 59.9 Å². The number of nitrogens with zero attached hydrogens (tertiary/aromatic N) is 2. The van der Waals surface area contributed by atoms with Gasteiger partial charge in [-0.2, -0.15) is 0 Å². The second-order valence-electron chi connectivity index (χ2n) is 3.49. The van der Waals surface area contributed by atoms with Crippen LogP contribution in [0.15, 0.2) is 49.1 Å². The summed E-state index contributed by atoms with van der Waals surface area (Å²) in [5.74, 6) is -0.400. The van der Waals surface area contributed by atoms with Crippen molar-refractivity contribution in [3.63, 3.8) is 0 Å². The van der Waals surface area contributed by atoms with Crippen molar-refractivity contribution in [3.05, 3.63) is 60.2 Å². The molecule has 2 aromatic heterocycles. The van der Waals surface area contributed by atoms with Gasteiger partial charge in [0, 0.05) is 35.9 Å². The number of ketones is 2. The Morgan fingerprint density at radius 2 is 1.12 bits per heavy atom. The van der Waals surface area contributed by atoms with Gasteiger partial charge in [-0.25, -0.2) is 0 Å². The van der Waals surface area contributed by atoms with E-state index in [2.05, 4.69) is 9.97 Å². The van der Waals surface area contributed by atoms with Crippen molar-refractivity contribution >= 4 is 11.6 Å². The molecule has 0 spiro atoms. The molecule has 2 aromatic rings. The summed E-state index contributed by atoms with van der Waals surface area (Å²) in [5.41, 5.74) is 1.00. The van der Waals surface area contributed by atoms with Crippen LogP contribution >= 0.6 is 0 Å². The van der Waals surface area contributed by atoms with Crippen LogP contribution in [-0.2, 0) is 0 Å². The highest BCUT2D eigenvalue weighted by Crippen LogP contribution is 2.07. The van der Waals surface area contributed by atoms with Gasteiger partial charge < -0.3 is 0 Å². The number of hydrogen-bond donors (Lipinski definition) is 0. The maximum absolute atomic E-state index is 11.8. The molecular formula is C13H10N2O2. The van der Waals surface area contributed by atoms with Crippen molar-refractivity contribution in [1.29, 1.82) is 0 Å². The minimum absolute atomic E-state index is 0.131. The lowest BCUT2D eigenvalue weighted by atomic mass is 10.0. The third-order valence-electron chi connectivity index (χ3n) is 2.33. The van der Waals surface area contributed by atoms with Gasteiger partial charge >= 0.3 is 0 Å². The van der Waals surface area contributed by atoms with E-state index in [0.717, 1.165) is 0 Å². The molecule has 0 unspecified atom stereocenters. The molecule has 0 fully saturated rings. The standard InChI is InChI=1S/C13H10N2O2/c16-12(10-1-5-14-6-2-10)9-13(17)11-3-7-15-8-4-11/h1-8H,9H2. The van der Waals surface area contributed by atoms with Crippen LogP contribution in [0.3, 0.4) is 0 Å². The summed E-state index contributed by atoms with van der Waals surface area (Å²) < 4.78 is 0. The Kier molecular flexibility index (Phi) is 3.35. The fraction of sp³-hybridized carbons (Fsp3) is 0.0769.